The molecule has 0 spiro atoms. The van der Waals surface area contributed by atoms with Crippen LogP contribution in [0.25, 0.3) is 11.4 Å². The van der Waals surface area contributed by atoms with Crippen molar-refractivity contribution < 1.29 is 4.79 Å². The van der Waals surface area contributed by atoms with Crippen LogP contribution in [0.1, 0.15) is 21.7 Å². The lowest BCUT2D eigenvalue weighted by Gasteiger charge is -2.03. The summed E-state index contributed by atoms with van der Waals surface area (Å²) in [5, 5.41) is -0.441. The van der Waals surface area contributed by atoms with E-state index in [0.717, 1.165) is 22.8 Å². The molecule has 0 aliphatic rings. The Kier molecular flexibility index (Phi) is 3.03. The molecule has 0 saturated heterocycles. The summed E-state index contributed by atoms with van der Waals surface area (Å²) in [4.78, 5) is 15.5. The van der Waals surface area contributed by atoms with Gasteiger partial charge in [-0.2, -0.15) is 0 Å². The van der Waals surface area contributed by atoms with Crippen molar-refractivity contribution in [3.8, 4) is 11.4 Å². The van der Waals surface area contributed by atoms with Gasteiger partial charge in [-0.15, -0.1) is 0 Å². The van der Waals surface area contributed by atoms with Gasteiger partial charge in [-0.3, -0.25) is 4.79 Å². The van der Waals surface area contributed by atoms with Crippen molar-refractivity contribution in [1.82, 2.24) is 9.55 Å². The number of benzene rings is 1. The van der Waals surface area contributed by atoms with Gasteiger partial charge in [-0.25, -0.2) is 4.98 Å². The Balaban J connectivity index is 2.47. The molecule has 4 heteroatoms. The number of carbonyl (C=O) groups excluding carboxylic acids is 1. The third kappa shape index (κ3) is 2.11. The van der Waals surface area contributed by atoms with Crippen LogP contribution in [-0.4, -0.2) is 14.8 Å². The summed E-state index contributed by atoms with van der Waals surface area (Å²) in [5.41, 5.74) is 3.63. The van der Waals surface area contributed by atoms with Gasteiger partial charge < -0.3 is 4.57 Å². The molecule has 0 bridgehead atoms. The minimum Gasteiger partial charge on any atom is -0.331 e. The average Bonchev–Trinajstić information content (AvgIpc) is 2.57. The van der Waals surface area contributed by atoms with Gasteiger partial charge in [0.1, 0.15) is 5.82 Å². The fourth-order valence-corrected chi connectivity index (χ4v) is 1.85. The summed E-state index contributed by atoms with van der Waals surface area (Å²) >= 11 is 5.40. The molecule has 0 aliphatic heterocycles. The Hall–Kier alpha value is -1.61. The zero-order chi connectivity index (χ0) is 12.6. The highest BCUT2D eigenvalue weighted by molar-refractivity contribution is 6.67. The Morgan fingerprint density at radius 1 is 1.24 bits per heavy atom. The second-order valence-corrected chi connectivity index (χ2v) is 4.36. The number of rotatable bonds is 2. The molecule has 1 heterocycles. The number of imidazole rings is 1. The number of hydrogen-bond donors (Lipinski definition) is 0. The highest BCUT2D eigenvalue weighted by Crippen LogP contribution is 2.21. The summed E-state index contributed by atoms with van der Waals surface area (Å²) in [6.07, 6.45) is 0. The van der Waals surface area contributed by atoms with Crippen LogP contribution in [0.3, 0.4) is 0 Å². The van der Waals surface area contributed by atoms with E-state index in [4.69, 9.17) is 11.6 Å². The Morgan fingerprint density at radius 3 is 2.24 bits per heavy atom. The van der Waals surface area contributed by atoms with Gasteiger partial charge in [0.25, 0.3) is 5.24 Å². The van der Waals surface area contributed by atoms with Crippen LogP contribution in [-0.2, 0) is 7.05 Å². The Morgan fingerprint density at radius 2 is 1.82 bits per heavy atom. The number of carbonyl (C=O) groups is 1. The van der Waals surface area contributed by atoms with Crippen LogP contribution < -0.4 is 0 Å². The van der Waals surface area contributed by atoms with Crippen molar-refractivity contribution in [2.45, 2.75) is 13.8 Å². The van der Waals surface area contributed by atoms with Crippen LogP contribution in [0, 0.1) is 13.8 Å². The fourth-order valence-electron chi connectivity index (χ4n) is 1.72. The second kappa shape index (κ2) is 4.34. The molecule has 0 N–H and O–H groups in total. The Bertz CT molecular complexity index is 570. The Labute approximate surface area is 105 Å². The van der Waals surface area contributed by atoms with Crippen molar-refractivity contribution in [1.29, 1.82) is 0 Å². The van der Waals surface area contributed by atoms with E-state index in [2.05, 4.69) is 4.98 Å². The normalized spacial score (nSPS) is 10.6. The van der Waals surface area contributed by atoms with Gasteiger partial charge >= 0.3 is 0 Å². The fraction of sp³-hybridized carbons (Fsp3) is 0.231. The summed E-state index contributed by atoms with van der Waals surface area (Å²) in [6.45, 7) is 4.01. The summed E-state index contributed by atoms with van der Waals surface area (Å²) in [6, 6.07) is 7.14. The van der Waals surface area contributed by atoms with E-state index in [-0.39, 0.29) is 0 Å². The lowest BCUT2D eigenvalue weighted by Crippen LogP contribution is -1.95. The molecule has 17 heavy (non-hydrogen) atoms. The maximum Gasteiger partial charge on any atom is 0.252 e. The van der Waals surface area contributed by atoms with E-state index in [1.807, 2.05) is 37.6 Å². The van der Waals surface area contributed by atoms with E-state index in [0.29, 0.717) is 5.56 Å². The first-order valence-electron chi connectivity index (χ1n) is 5.31. The topological polar surface area (TPSA) is 34.9 Å². The van der Waals surface area contributed by atoms with Gasteiger partial charge in [0.05, 0.1) is 5.69 Å². The molecule has 2 aromatic rings. The molecule has 0 amide bonds. The van der Waals surface area contributed by atoms with Crippen LogP contribution in [0.5, 0.6) is 0 Å². The molecular weight excluding hydrogens is 236 g/mol. The lowest BCUT2D eigenvalue weighted by molar-refractivity contribution is 0.108. The predicted molar refractivity (Wildman–Crippen MR) is 68.3 cm³/mol. The molecule has 2 rings (SSSR count). The first kappa shape index (κ1) is 11.9. The molecule has 0 saturated carbocycles. The van der Waals surface area contributed by atoms with Crippen LogP contribution in [0.15, 0.2) is 24.3 Å². The van der Waals surface area contributed by atoms with Gasteiger partial charge in [-0.05, 0) is 37.6 Å². The van der Waals surface area contributed by atoms with Crippen molar-refractivity contribution in [2.24, 2.45) is 7.05 Å². The van der Waals surface area contributed by atoms with Crippen LogP contribution in [0.2, 0.25) is 0 Å². The molecule has 0 atom stereocenters. The van der Waals surface area contributed by atoms with Gasteiger partial charge in [0.15, 0.2) is 0 Å². The minimum atomic E-state index is -0.441. The molecule has 0 aliphatic carbocycles. The van der Waals surface area contributed by atoms with Crippen LogP contribution >= 0.6 is 11.6 Å². The van der Waals surface area contributed by atoms with Crippen molar-refractivity contribution in [3.63, 3.8) is 0 Å². The van der Waals surface area contributed by atoms with Crippen molar-refractivity contribution in [3.05, 3.63) is 41.2 Å². The lowest BCUT2D eigenvalue weighted by atomic mass is 10.1. The molecule has 0 unspecified atom stereocenters. The molecule has 0 radical (unpaired) electrons. The number of nitrogens with zero attached hydrogens (tertiary/aromatic N) is 2. The summed E-state index contributed by atoms with van der Waals surface area (Å²) < 4.78 is 2.03. The van der Waals surface area contributed by atoms with Gasteiger partial charge in [-0.1, -0.05) is 12.1 Å². The van der Waals surface area contributed by atoms with E-state index in [1.54, 1.807) is 12.1 Å². The molecule has 1 aromatic carbocycles. The first-order chi connectivity index (χ1) is 8.00. The van der Waals surface area contributed by atoms with E-state index in [9.17, 15) is 4.79 Å². The monoisotopic (exact) mass is 248 g/mol. The molecule has 88 valence electrons. The molecular formula is C13H13ClN2O. The number of halogens is 1. The average molecular weight is 249 g/mol. The van der Waals surface area contributed by atoms with Crippen molar-refractivity contribution >= 4 is 16.8 Å². The standard InChI is InChI=1S/C13H13ClN2O/c1-8-9(2)16(3)13(15-8)11-6-4-10(5-7-11)12(14)17/h4-7H,1-3H3. The molecule has 1 aromatic heterocycles. The number of aryl methyl sites for hydroxylation is 1. The maximum atomic E-state index is 11.0. The van der Waals surface area contributed by atoms with Crippen molar-refractivity contribution in [2.75, 3.05) is 0 Å². The third-order valence-corrected chi connectivity index (χ3v) is 3.21. The second-order valence-electron chi connectivity index (χ2n) is 4.02. The summed E-state index contributed by atoms with van der Waals surface area (Å²) in [7, 11) is 1.98. The quantitative estimate of drug-likeness (QED) is 0.766. The highest BCUT2D eigenvalue weighted by atomic mass is 35.5. The third-order valence-electron chi connectivity index (χ3n) is 2.99. The van der Waals surface area contributed by atoms with E-state index >= 15 is 0 Å². The van der Waals surface area contributed by atoms with E-state index in [1.165, 1.54) is 0 Å². The minimum absolute atomic E-state index is 0.441. The zero-order valence-electron chi connectivity index (χ0n) is 9.99. The SMILES string of the molecule is Cc1nc(-c2ccc(C(=O)Cl)cc2)n(C)c1C. The van der Waals surface area contributed by atoms with E-state index < -0.39 is 5.24 Å². The maximum absolute atomic E-state index is 11.0. The first-order valence-corrected chi connectivity index (χ1v) is 5.68. The number of aromatic nitrogens is 2. The summed E-state index contributed by atoms with van der Waals surface area (Å²) in [5.74, 6) is 0.897. The zero-order valence-corrected chi connectivity index (χ0v) is 10.7. The largest absolute Gasteiger partial charge is 0.331 e. The molecule has 3 nitrogen and oxygen atoms in total. The highest BCUT2D eigenvalue weighted by Gasteiger charge is 2.10. The van der Waals surface area contributed by atoms with Gasteiger partial charge in [0.2, 0.25) is 0 Å². The number of hydrogen-bond acceptors (Lipinski definition) is 2. The predicted octanol–water partition coefficient (Wildman–Crippen LogP) is 3.08. The van der Waals surface area contributed by atoms with Gasteiger partial charge in [0, 0.05) is 23.9 Å². The van der Waals surface area contributed by atoms with Crippen LogP contribution in [0.4, 0.5) is 0 Å². The smallest absolute Gasteiger partial charge is 0.252 e. The molecule has 0 fully saturated rings.